The maximum atomic E-state index is 12.8. The molecule has 0 amide bonds. The van der Waals surface area contributed by atoms with E-state index in [0.29, 0.717) is 0 Å². The molecule has 0 unspecified atom stereocenters. The standard InChI is InChI=1S/C8H5FIN/c9-5-3-7(10)6-1-2-11-8(6)4-5/h1-4,11H. The molecule has 2 rings (SSSR count). The van der Waals surface area contributed by atoms with Crippen molar-refractivity contribution in [3.8, 4) is 0 Å². The summed E-state index contributed by atoms with van der Waals surface area (Å²) in [5, 5.41) is 1.08. The second-order valence-corrected chi connectivity index (χ2v) is 3.49. The SMILES string of the molecule is Fc1cc(I)c2cc[nH]c2c1. The minimum atomic E-state index is -0.190. The van der Waals surface area contributed by atoms with E-state index in [2.05, 4.69) is 27.6 Å². The van der Waals surface area contributed by atoms with Gasteiger partial charge in [-0.05, 0) is 40.8 Å². The van der Waals surface area contributed by atoms with Crippen LogP contribution in [0.4, 0.5) is 4.39 Å². The summed E-state index contributed by atoms with van der Waals surface area (Å²) in [6, 6.07) is 4.96. The zero-order chi connectivity index (χ0) is 7.84. The fourth-order valence-electron chi connectivity index (χ4n) is 1.09. The van der Waals surface area contributed by atoms with E-state index in [1.165, 1.54) is 12.1 Å². The molecule has 1 aromatic carbocycles. The van der Waals surface area contributed by atoms with E-state index in [0.717, 1.165) is 14.5 Å². The van der Waals surface area contributed by atoms with Crippen molar-refractivity contribution in [1.29, 1.82) is 0 Å². The summed E-state index contributed by atoms with van der Waals surface area (Å²) in [6.07, 6.45) is 1.81. The lowest BCUT2D eigenvalue weighted by molar-refractivity contribution is 0.628. The van der Waals surface area contributed by atoms with Crippen LogP contribution in [0.1, 0.15) is 0 Å². The van der Waals surface area contributed by atoms with Gasteiger partial charge in [-0.25, -0.2) is 4.39 Å². The molecule has 3 heteroatoms. The first kappa shape index (κ1) is 7.09. The molecular weight excluding hydrogens is 256 g/mol. The Hall–Kier alpha value is -0.580. The quantitative estimate of drug-likeness (QED) is 0.702. The van der Waals surface area contributed by atoms with E-state index in [-0.39, 0.29) is 5.82 Å². The van der Waals surface area contributed by atoms with Crippen molar-refractivity contribution >= 4 is 33.5 Å². The Morgan fingerprint density at radius 1 is 1.36 bits per heavy atom. The first-order valence-electron chi connectivity index (χ1n) is 3.19. The molecular formula is C8H5FIN. The first-order valence-corrected chi connectivity index (χ1v) is 4.27. The second kappa shape index (κ2) is 2.48. The number of benzene rings is 1. The number of rotatable bonds is 0. The number of hydrogen-bond acceptors (Lipinski definition) is 0. The molecule has 0 saturated heterocycles. The number of halogens is 2. The molecule has 0 bridgehead atoms. The Morgan fingerprint density at radius 3 is 3.00 bits per heavy atom. The maximum Gasteiger partial charge on any atom is 0.126 e. The number of H-pyrrole nitrogens is 1. The van der Waals surface area contributed by atoms with Crippen LogP contribution in [0.15, 0.2) is 24.4 Å². The third kappa shape index (κ3) is 1.13. The Balaban J connectivity index is 2.91. The smallest absolute Gasteiger partial charge is 0.126 e. The highest BCUT2D eigenvalue weighted by Gasteiger charge is 2.00. The van der Waals surface area contributed by atoms with Gasteiger partial charge in [0.15, 0.2) is 0 Å². The largest absolute Gasteiger partial charge is 0.361 e. The van der Waals surface area contributed by atoms with E-state index < -0.39 is 0 Å². The monoisotopic (exact) mass is 261 g/mol. The van der Waals surface area contributed by atoms with Gasteiger partial charge in [-0.2, -0.15) is 0 Å². The molecule has 0 radical (unpaired) electrons. The van der Waals surface area contributed by atoms with Crippen LogP contribution in [0.2, 0.25) is 0 Å². The average Bonchev–Trinajstić information content (AvgIpc) is 2.34. The molecule has 56 valence electrons. The molecule has 11 heavy (non-hydrogen) atoms. The van der Waals surface area contributed by atoms with Crippen molar-refractivity contribution in [2.24, 2.45) is 0 Å². The zero-order valence-electron chi connectivity index (χ0n) is 5.57. The highest BCUT2D eigenvalue weighted by Crippen LogP contribution is 2.20. The van der Waals surface area contributed by atoms with Crippen LogP contribution in [0.25, 0.3) is 10.9 Å². The molecule has 0 spiro atoms. The van der Waals surface area contributed by atoms with Gasteiger partial charge in [0.05, 0.1) is 0 Å². The van der Waals surface area contributed by atoms with E-state index in [1.54, 1.807) is 0 Å². The normalized spacial score (nSPS) is 10.7. The summed E-state index contributed by atoms with van der Waals surface area (Å²) in [7, 11) is 0. The van der Waals surface area contributed by atoms with Crippen LogP contribution < -0.4 is 0 Å². The van der Waals surface area contributed by atoms with Gasteiger partial charge in [0.1, 0.15) is 5.82 Å². The molecule has 1 aromatic heterocycles. The third-order valence-electron chi connectivity index (χ3n) is 1.58. The predicted octanol–water partition coefficient (Wildman–Crippen LogP) is 2.91. The third-order valence-corrected chi connectivity index (χ3v) is 2.48. The lowest BCUT2D eigenvalue weighted by atomic mass is 10.2. The summed E-state index contributed by atoms with van der Waals surface area (Å²) in [5.41, 5.74) is 0.856. The zero-order valence-corrected chi connectivity index (χ0v) is 7.72. The van der Waals surface area contributed by atoms with E-state index in [1.807, 2.05) is 12.3 Å². The number of hydrogen-bond donors (Lipinski definition) is 1. The minimum Gasteiger partial charge on any atom is -0.361 e. The van der Waals surface area contributed by atoms with Gasteiger partial charge < -0.3 is 4.98 Å². The van der Waals surface area contributed by atoms with Gasteiger partial charge in [0, 0.05) is 20.7 Å². The number of aromatic amines is 1. The number of aromatic nitrogens is 1. The first-order chi connectivity index (χ1) is 5.27. The second-order valence-electron chi connectivity index (χ2n) is 2.33. The van der Waals surface area contributed by atoms with Crippen molar-refractivity contribution < 1.29 is 4.39 Å². The van der Waals surface area contributed by atoms with Crippen molar-refractivity contribution in [1.82, 2.24) is 4.98 Å². The summed E-state index contributed by atoms with van der Waals surface area (Å²) in [4.78, 5) is 2.96. The van der Waals surface area contributed by atoms with Crippen LogP contribution >= 0.6 is 22.6 Å². The summed E-state index contributed by atoms with van der Waals surface area (Å²) in [6.45, 7) is 0. The topological polar surface area (TPSA) is 15.8 Å². The molecule has 0 saturated carbocycles. The Bertz CT molecular complexity index is 394. The molecule has 0 aliphatic rings. The highest BCUT2D eigenvalue weighted by molar-refractivity contribution is 14.1. The maximum absolute atomic E-state index is 12.8. The van der Waals surface area contributed by atoms with Gasteiger partial charge in [-0.1, -0.05) is 0 Å². The van der Waals surface area contributed by atoms with Crippen molar-refractivity contribution in [3.05, 3.63) is 33.8 Å². The molecule has 0 atom stereocenters. The molecule has 1 nitrogen and oxygen atoms in total. The Kier molecular flexibility index (Phi) is 1.60. The van der Waals surface area contributed by atoms with Gasteiger partial charge in [0.2, 0.25) is 0 Å². The van der Waals surface area contributed by atoms with Gasteiger partial charge in [0.25, 0.3) is 0 Å². The molecule has 1 heterocycles. The molecule has 0 aliphatic carbocycles. The minimum absolute atomic E-state index is 0.190. The predicted molar refractivity (Wildman–Crippen MR) is 51.0 cm³/mol. The molecule has 0 aliphatic heterocycles. The fraction of sp³-hybridized carbons (Fsp3) is 0. The van der Waals surface area contributed by atoms with Crippen LogP contribution in [-0.4, -0.2) is 4.98 Å². The van der Waals surface area contributed by atoms with Crippen LogP contribution in [0.3, 0.4) is 0 Å². The average molecular weight is 261 g/mol. The van der Waals surface area contributed by atoms with E-state index >= 15 is 0 Å². The van der Waals surface area contributed by atoms with Crippen LogP contribution in [-0.2, 0) is 0 Å². The Labute approximate surface area is 76.7 Å². The lowest BCUT2D eigenvalue weighted by Gasteiger charge is -1.93. The summed E-state index contributed by atoms with van der Waals surface area (Å²) < 4.78 is 13.7. The lowest BCUT2D eigenvalue weighted by Crippen LogP contribution is -1.77. The van der Waals surface area contributed by atoms with Gasteiger partial charge >= 0.3 is 0 Å². The van der Waals surface area contributed by atoms with E-state index in [9.17, 15) is 4.39 Å². The number of nitrogens with one attached hydrogen (secondary N) is 1. The van der Waals surface area contributed by atoms with E-state index in [4.69, 9.17) is 0 Å². The highest BCUT2D eigenvalue weighted by atomic mass is 127. The summed E-state index contributed by atoms with van der Waals surface area (Å²) in [5.74, 6) is -0.190. The fourth-order valence-corrected chi connectivity index (χ4v) is 1.86. The van der Waals surface area contributed by atoms with Crippen LogP contribution in [0.5, 0.6) is 0 Å². The molecule has 1 N–H and O–H groups in total. The summed E-state index contributed by atoms with van der Waals surface area (Å²) >= 11 is 2.12. The number of fused-ring (bicyclic) bond motifs is 1. The van der Waals surface area contributed by atoms with Crippen molar-refractivity contribution in [2.45, 2.75) is 0 Å². The van der Waals surface area contributed by atoms with Gasteiger partial charge in [-0.3, -0.25) is 0 Å². The molecule has 2 aromatic rings. The van der Waals surface area contributed by atoms with Gasteiger partial charge in [-0.15, -0.1) is 0 Å². The van der Waals surface area contributed by atoms with Crippen LogP contribution in [0, 0.1) is 9.39 Å². The Morgan fingerprint density at radius 2 is 2.18 bits per heavy atom. The molecule has 0 fully saturated rings. The van der Waals surface area contributed by atoms with Crippen molar-refractivity contribution in [3.63, 3.8) is 0 Å². The van der Waals surface area contributed by atoms with Crippen molar-refractivity contribution in [2.75, 3.05) is 0 Å².